The Balaban J connectivity index is 1.63. The Labute approximate surface area is 168 Å². The molecule has 0 saturated heterocycles. The first-order chi connectivity index (χ1) is 14.1. The number of rotatable bonds is 7. The van der Waals surface area contributed by atoms with Gasteiger partial charge in [0.2, 0.25) is 5.95 Å². The van der Waals surface area contributed by atoms with Crippen LogP contribution in [0.4, 0.5) is 5.95 Å². The molecule has 0 bridgehead atoms. The zero-order chi connectivity index (χ0) is 20.4. The molecule has 1 aliphatic rings. The van der Waals surface area contributed by atoms with E-state index in [9.17, 15) is 9.59 Å². The van der Waals surface area contributed by atoms with Crippen LogP contribution < -0.4 is 10.9 Å². The van der Waals surface area contributed by atoms with Gasteiger partial charge >= 0.3 is 5.97 Å². The summed E-state index contributed by atoms with van der Waals surface area (Å²) in [5, 5.41) is 12.2. The summed E-state index contributed by atoms with van der Waals surface area (Å²) in [6.45, 7) is 3.00. The molecular weight excluding hydrogens is 370 g/mol. The summed E-state index contributed by atoms with van der Waals surface area (Å²) >= 11 is 0. The number of H-pyrrole nitrogens is 1. The molecule has 0 radical (unpaired) electrons. The minimum absolute atomic E-state index is 0.114. The Morgan fingerprint density at radius 3 is 2.62 bits per heavy atom. The van der Waals surface area contributed by atoms with E-state index in [1.807, 2.05) is 6.92 Å². The molecule has 1 aliphatic carbocycles. The summed E-state index contributed by atoms with van der Waals surface area (Å²) in [7, 11) is 0. The number of nitrogens with zero attached hydrogens (tertiary/aromatic N) is 3. The van der Waals surface area contributed by atoms with Crippen molar-refractivity contribution < 1.29 is 9.90 Å². The summed E-state index contributed by atoms with van der Waals surface area (Å²) in [5.74, 6) is 0.778. The molecule has 0 unspecified atom stereocenters. The van der Waals surface area contributed by atoms with Gasteiger partial charge in [-0.3, -0.25) is 9.36 Å². The highest BCUT2D eigenvalue weighted by atomic mass is 16.4. The first-order valence-electron chi connectivity index (χ1n) is 10.1. The van der Waals surface area contributed by atoms with Crippen molar-refractivity contribution in [3.8, 4) is 0 Å². The number of aromatic carboxylic acids is 1. The number of carbonyl (C=O) groups is 1. The smallest absolute Gasteiger partial charge is 0.335 e. The highest BCUT2D eigenvalue weighted by Gasteiger charge is 2.22. The van der Waals surface area contributed by atoms with Gasteiger partial charge in [-0.1, -0.05) is 31.9 Å². The lowest BCUT2D eigenvalue weighted by molar-refractivity contribution is 0.0697. The number of benzene rings is 1. The van der Waals surface area contributed by atoms with E-state index in [0.29, 0.717) is 36.1 Å². The van der Waals surface area contributed by atoms with Crippen LogP contribution in [0.1, 0.15) is 66.7 Å². The molecule has 0 aliphatic heterocycles. The molecule has 0 atom stereocenters. The van der Waals surface area contributed by atoms with Crippen LogP contribution in [0.5, 0.6) is 0 Å². The summed E-state index contributed by atoms with van der Waals surface area (Å²) in [6, 6.07) is 6.64. The van der Waals surface area contributed by atoms with Crippen LogP contribution in [-0.2, 0) is 13.1 Å². The summed E-state index contributed by atoms with van der Waals surface area (Å²) < 4.78 is 1.64. The number of hydrogen-bond donors (Lipinski definition) is 3. The molecule has 2 heterocycles. The number of anilines is 1. The van der Waals surface area contributed by atoms with Crippen LogP contribution in [0.2, 0.25) is 0 Å². The maximum absolute atomic E-state index is 13.0. The van der Waals surface area contributed by atoms with Crippen LogP contribution in [-0.4, -0.2) is 30.6 Å². The van der Waals surface area contributed by atoms with Gasteiger partial charge in [-0.05, 0) is 37.0 Å². The monoisotopic (exact) mass is 395 g/mol. The maximum Gasteiger partial charge on any atom is 0.335 e. The van der Waals surface area contributed by atoms with Crippen molar-refractivity contribution in [1.29, 1.82) is 0 Å². The lowest BCUT2D eigenvalue weighted by Gasteiger charge is -2.13. The van der Waals surface area contributed by atoms with Crippen molar-refractivity contribution in [1.82, 2.24) is 19.5 Å². The Morgan fingerprint density at radius 2 is 1.97 bits per heavy atom. The average Bonchev–Trinajstić information content (AvgIpc) is 3.39. The average molecular weight is 395 g/mol. The van der Waals surface area contributed by atoms with Crippen molar-refractivity contribution in [2.24, 2.45) is 0 Å². The molecule has 0 spiro atoms. The normalized spacial score (nSPS) is 14.5. The minimum atomic E-state index is -0.954. The Bertz CT molecular complexity index is 1080. The van der Waals surface area contributed by atoms with Crippen LogP contribution in [0.15, 0.2) is 29.1 Å². The molecule has 1 saturated carbocycles. The van der Waals surface area contributed by atoms with Gasteiger partial charge in [0.15, 0.2) is 11.2 Å². The number of hydrogen-bond acceptors (Lipinski definition) is 5. The second kappa shape index (κ2) is 8.06. The van der Waals surface area contributed by atoms with Gasteiger partial charge in [0.25, 0.3) is 5.56 Å². The number of aromatic nitrogens is 4. The molecule has 152 valence electrons. The van der Waals surface area contributed by atoms with E-state index in [4.69, 9.17) is 5.11 Å². The van der Waals surface area contributed by atoms with Crippen LogP contribution in [0.3, 0.4) is 0 Å². The second-order valence-corrected chi connectivity index (χ2v) is 7.55. The van der Waals surface area contributed by atoms with E-state index in [1.165, 1.54) is 12.8 Å². The van der Waals surface area contributed by atoms with Crippen LogP contribution in [0.25, 0.3) is 11.2 Å². The molecule has 1 aromatic carbocycles. The molecule has 3 aromatic rings. The van der Waals surface area contributed by atoms with E-state index < -0.39 is 5.97 Å². The molecule has 2 aromatic heterocycles. The van der Waals surface area contributed by atoms with E-state index in [2.05, 4.69) is 20.3 Å². The fourth-order valence-corrected chi connectivity index (χ4v) is 3.91. The molecule has 8 heteroatoms. The van der Waals surface area contributed by atoms with E-state index >= 15 is 0 Å². The van der Waals surface area contributed by atoms with E-state index in [-0.39, 0.29) is 11.1 Å². The van der Waals surface area contributed by atoms with Gasteiger partial charge in [-0.15, -0.1) is 0 Å². The highest BCUT2D eigenvalue weighted by molar-refractivity contribution is 5.87. The highest BCUT2D eigenvalue weighted by Crippen LogP contribution is 2.32. The van der Waals surface area contributed by atoms with E-state index in [0.717, 1.165) is 30.7 Å². The zero-order valence-corrected chi connectivity index (χ0v) is 16.4. The molecule has 4 rings (SSSR count). The number of nitrogens with one attached hydrogen (secondary N) is 2. The van der Waals surface area contributed by atoms with Gasteiger partial charge in [0, 0.05) is 19.0 Å². The van der Waals surface area contributed by atoms with Gasteiger partial charge in [-0.2, -0.15) is 4.98 Å². The lowest BCUT2D eigenvalue weighted by Crippen LogP contribution is -2.25. The Kier molecular flexibility index (Phi) is 5.33. The van der Waals surface area contributed by atoms with Crippen molar-refractivity contribution in [3.05, 3.63) is 51.6 Å². The Morgan fingerprint density at radius 1 is 1.24 bits per heavy atom. The topological polar surface area (TPSA) is 113 Å². The lowest BCUT2D eigenvalue weighted by atomic mass is 10.1. The largest absolute Gasteiger partial charge is 0.478 e. The fraction of sp³-hybridized carbons (Fsp3) is 0.429. The quantitative estimate of drug-likeness (QED) is 0.564. The molecule has 29 heavy (non-hydrogen) atoms. The third kappa shape index (κ3) is 3.87. The maximum atomic E-state index is 13.0. The molecule has 1 fully saturated rings. The van der Waals surface area contributed by atoms with Gasteiger partial charge in [-0.25, -0.2) is 9.78 Å². The van der Waals surface area contributed by atoms with Crippen LogP contribution >= 0.6 is 0 Å². The summed E-state index contributed by atoms with van der Waals surface area (Å²) in [6.07, 6.45) is 5.39. The zero-order valence-electron chi connectivity index (χ0n) is 16.4. The third-order valence-electron chi connectivity index (χ3n) is 5.47. The molecule has 8 nitrogen and oxygen atoms in total. The predicted molar refractivity (Wildman–Crippen MR) is 110 cm³/mol. The number of imidazole rings is 1. The van der Waals surface area contributed by atoms with Gasteiger partial charge in [0.1, 0.15) is 5.82 Å². The van der Waals surface area contributed by atoms with Gasteiger partial charge in [0.05, 0.1) is 5.56 Å². The van der Waals surface area contributed by atoms with Crippen molar-refractivity contribution in [2.75, 3.05) is 5.32 Å². The predicted octanol–water partition coefficient (Wildman–Crippen LogP) is 3.50. The molecule has 0 amide bonds. The Hall–Kier alpha value is -3.16. The van der Waals surface area contributed by atoms with Crippen molar-refractivity contribution in [3.63, 3.8) is 0 Å². The summed E-state index contributed by atoms with van der Waals surface area (Å²) in [5.41, 5.74) is 1.95. The number of aromatic amines is 1. The third-order valence-corrected chi connectivity index (χ3v) is 5.47. The minimum Gasteiger partial charge on any atom is -0.478 e. The molecule has 3 N–H and O–H groups in total. The first-order valence-corrected chi connectivity index (χ1v) is 10.1. The number of carboxylic acids is 1. The summed E-state index contributed by atoms with van der Waals surface area (Å²) in [4.78, 5) is 36.5. The fourth-order valence-electron chi connectivity index (χ4n) is 3.91. The van der Waals surface area contributed by atoms with E-state index in [1.54, 1.807) is 28.8 Å². The number of carboxylic acid groups (broad SMARTS) is 1. The SMILES string of the molecule is CCCn1c(NCc2ccc(C(=O)O)cc2)nc2nc(C3CCCC3)[nH]c2c1=O. The van der Waals surface area contributed by atoms with Crippen LogP contribution in [0, 0.1) is 0 Å². The second-order valence-electron chi connectivity index (χ2n) is 7.55. The van der Waals surface area contributed by atoms with Crippen molar-refractivity contribution >= 4 is 23.1 Å². The first kappa shape index (κ1) is 19.2. The molecular formula is C21H25N5O3. The van der Waals surface area contributed by atoms with Crippen molar-refractivity contribution in [2.45, 2.75) is 58.0 Å². The number of fused-ring (bicyclic) bond motifs is 1. The van der Waals surface area contributed by atoms with Gasteiger partial charge < -0.3 is 15.4 Å². The standard InChI is InChI=1S/C21H25N5O3/c1-2-11-26-19(27)16-18(24-17(23-16)14-5-3-4-6-14)25-21(26)22-12-13-7-9-15(10-8-13)20(28)29/h7-10,14H,2-6,11-12H2,1H3,(H,22,25)(H,23,24)(H,28,29).